The number of hydrogen-bond donors (Lipinski definition) is 0. The number of anilines is 1. The maximum Gasteiger partial charge on any atom is 0.0403 e. The summed E-state index contributed by atoms with van der Waals surface area (Å²) in [5, 5.41) is 0. The fourth-order valence-electron chi connectivity index (χ4n) is 2.73. The van der Waals surface area contributed by atoms with Crippen LogP contribution in [0.1, 0.15) is 39.2 Å². The zero-order valence-corrected chi connectivity index (χ0v) is 10.1. The monoisotopic (exact) mass is 203 g/mol. The van der Waals surface area contributed by atoms with Crippen molar-refractivity contribution in [2.45, 2.75) is 45.6 Å². The van der Waals surface area contributed by atoms with Gasteiger partial charge >= 0.3 is 0 Å². The molecule has 1 aliphatic heterocycles. The predicted molar refractivity (Wildman–Crippen MR) is 66.5 cm³/mol. The van der Waals surface area contributed by atoms with Gasteiger partial charge < -0.3 is 4.90 Å². The van der Waals surface area contributed by atoms with E-state index in [2.05, 4.69) is 49.9 Å². The Balaban J connectivity index is 2.43. The summed E-state index contributed by atoms with van der Waals surface area (Å²) < 4.78 is 0. The lowest BCUT2D eigenvalue weighted by atomic mass is 9.83. The molecule has 1 heterocycles. The second-order valence-electron chi connectivity index (χ2n) is 4.72. The van der Waals surface area contributed by atoms with Gasteiger partial charge in [0, 0.05) is 17.8 Å². The van der Waals surface area contributed by atoms with Gasteiger partial charge in [0.1, 0.15) is 0 Å². The Labute approximate surface area is 93.1 Å². The summed E-state index contributed by atoms with van der Waals surface area (Å²) in [6, 6.07) is 8.85. The molecular formula is C14H21N. The van der Waals surface area contributed by atoms with Crippen LogP contribution in [0.3, 0.4) is 0 Å². The van der Waals surface area contributed by atoms with E-state index in [4.69, 9.17) is 0 Å². The Morgan fingerprint density at radius 1 is 1.27 bits per heavy atom. The van der Waals surface area contributed by atoms with E-state index in [0.717, 1.165) is 6.54 Å². The molecule has 1 unspecified atom stereocenters. The second kappa shape index (κ2) is 3.88. The highest BCUT2D eigenvalue weighted by Gasteiger charge is 2.33. The minimum Gasteiger partial charge on any atom is -0.366 e. The molecule has 0 aliphatic carbocycles. The van der Waals surface area contributed by atoms with Crippen molar-refractivity contribution >= 4 is 5.69 Å². The zero-order valence-electron chi connectivity index (χ0n) is 10.1. The van der Waals surface area contributed by atoms with E-state index in [9.17, 15) is 0 Å². The third-order valence-corrected chi connectivity index (χ3v) is 3.94. The topological polar surface area (TPSA) is 3.24 Å². The number of nitrogens with zero attached hydrogens (tertiary/aromatic N) is 1. The summed E-state index contributed by atoms with van der Waals surface area (Å²) in [7, 11) is 0. The molecule has 0 aromatic heterocycles. The van der Waals surface area contributed by atoms with Gasteiger partial charge in [-0.1, -0.05) is 25.1 Å². The van der Waals surface area contributed by atoms with Crippen LogP contribution in [-0.4, -0.2) is 12.1 Å². The highest BCUT2D eigenvalue weighted by atomic mass is 15.2. The first-order valence-corrected chi connectivity index (χ1v) is 6.07. The number of benzene rings is 1. The first kappa shape index (κ1) is 10.5. The Hall–Kier alpha value is -0.980. The van der Waals surface area contributed by atoms with Crippen molar-refractivity contribution in [2.24, 2.45) is 0 Å². The molecule has 2 rings (SSSR count). The normalized spacial score (nSPS) is 25.1. The molecule has 1 aromatic carbocycles. The van der Waals surface area contributed by atoms with E-state index in [1.54, 1.807) is 0 Å². The quantitative estimate of drug-likeness (QED) is 0.709. The maximum atomic E-state index is 2.58. The number of aryl methyl sites for hydroxylation is 1. The number of hydrogen-bond acceptors (Lipinski definition) is 1. The van der Waals surface area contributed by atoms with Crippen molar-refractivity contribution in [1.29, 1.82) is 0 Å². The fourth-order valence-corrected chi connectivity index (χ4v) is 2.73. The summed E-state index contributed by atoms with van der Waals surface area (Å²) in [6.07, 6.45) is 3.75. The molecule has 1 heteroatoms. The number of para-hydroxylation sites is 1. The highest BCUT2D eigenvalue weighted by Crippen LogP contribution is 2.38. The lowest BCUT2D eigenvalue weighted by Gasteiger charge is -2.46. The Bertz CT molecular complexity index is 345. The van der Waals surface area contributed by atoms with E-state index in [1.807, 2.05) is 0 Å². The van der Waals surface area contributed by atoms with Gasteiger partial charge in [-0.15, -0.1) is 0 Å². The van der Waals surface area contributed by atoms with Gasteiger partial charge in [0.2, 0.25) is 0 Å². The fraction of sp³-hybridized carbons (Fsp3) is 0.571. The van der Waals surface area contributed by atoms with Gasteiger partial charge in [0.25, 0.3) is 0 Å². The summed E-state index contributed by atoms with van der Waals surface area (Å²) in [5.41, 5.74) is 3.34. The third-order valence-electron chi connectivity index (χ3n) is 3.94. The lowest BCUT2D eigenvalue weighted by molar-refractivity contribution is 0.367. The van der Waals surface area contributed by atoms with Crippen LogP contribution in [0.2, 0.25) is 0 Å². The van der Waals surface area contributed by atoms with E-state index in [0.29, 0.717) is 5.54 Å². The Morgan fingerprint density at radius 2 is 2.00 bits per heavy atom. The van der Waals surface area contributed by atoms with Crippen molar-refractivity contribution in [3.63, 3.8) is 0 Å². The number of fused-ring (bicyclic) bond motifs is 1. The third kappa shape index (κ3) is 1.64. The molecule has 0 fully saturated rings. The number of rotatable bonds is 2. The summed E-state index contributed by atoms with van der Waals surface area (Å²) in [5.74, 6) is 0. The first-order valence-electron chi connectivity index (χ1n) is 6.07. The molecule has 15 heavy (non-hydrogen) atoms. The Kier molecular flexibility index (Phi) is 2.72. The van der Waals surface area contributed by atoms with Crippen LogP contribution < -0.4 is 4.90 Å². The van der Waals surface area contributed by atoms with Gasteiger partial charge in [-0.2, -0.15) is 0 Å². The Morgan fingerprint density at radius 3 is 2.67 bits per heavy atom. The summed E-state index contributed by atoms with van der Waals surface area (Å²) in [4.78, 5) is 2.58. The van der Waals surface area contributed by atoms with Crippen LogP contribution in [0.15, 0.2) is 24.3 Å². The average molecular weight is 203 g/mol. The minimum absolute atomic E-state index is 0.364. The van der Waals surface area contributed by atoms with Gasteiger partial charge in [-0.25, -0.2) is 0 Å². The lowest BCUT2D eigenvalue weighted by Crippen LogP contribution is -2.49. The molecule has 82 valence electrons. The molecule has 1 aromatic rings. The van der Waals surface area contributed by atoms with E-state index in [1.165, 1.54) is 30.5 Å². The molecule has 0 saturated carbocycles. The molecule has 0 N–H and O–H groups in total. The SMILES string of the molecule is CCN1c2ccccc2CCC1(C)CC. The van der Waals surface area contributed by atoms with Crippen molar-refractivity contribution in [3.8, 4) is 0 Å². The molecule has 1 nitrogen and oxygen atoms in total. The maximum absolute atomic E-state index is 2.58. The molecule has 0 amide bonds. The first-order chi connectivity index (χ1) is 7.21. The van der Waals surface area contributed by atoms with Crippen molar-refractivity contribution in [2.75, 3.05) is 11.4 Å². The van der Waals surface area contributed by atoms with Crippen molar-refractivity contribution in [3.05, 3.63) is 29.8 Å². The van der Waals surface area contributed by atoms with E-state index < -0.39 is 0 Å². The predicted octanol–water partition coefficient (Wildman–Crippen LogP) is 3.63. The van der Waals surface area contributed by atoms with Gasteiger partial charge in [-0.3, -0.25) is 0 Å². The van der Waals surface area contributed by atoms with Crippen LogP contribution in [0.25, 0.3) is 0 Å². The molecule has 0 saturated heterocycles. The van der Waals surface area contributed by atoms with Gasteiger partial charge in [0.05, 0.1) is 0 Å². The molecule has 0 spiro atoms. The highest BCUT2D eigenvalue weighted by molar-refractivity contribution is 5.57. The van der Waals surface area contributed by atoms with Crippen molar-refractivity contribution in [1.82, 2.24) is 0 Å². The van der Waals surface area contributed by atoms with Crippen LogP contribution in [-0.2, 0) is 6.42 Å². The van der Waals surface area contributed by atoms with Crippen LogP contribution in [0.4, 0.5) is 5.69 Å². The van der Waals surface area contributed by atoms with Gasteiger partial charge in [0.15, 0.2) is 0 Å². The molecule has 0 radical (unpaired) electrons. The average Bonchev–Trinajstić information content (AvgIpc) is 2.29. The second-order valence-corrected chi connectivity index (χ2v) is 4.72. The van der Waals surface area contributed by atoms with E-state index >= 15 is 0 Å². The standard InChI is InChI=1S/C14H21N/c1-4-14(3)11-10-12-8-6-7-9-13(12)15(14)5-2/h6-9H,4-5,10-11H2,1-3H3. The molecule has 0 bridgehead atoms. The molecule has 1 aliphatic rings. The minimum atomic E-state index is 0.364. The smallest absolute Gasteiger partial charge is 0.0403 e. The zero-order chi connectivity index (χ0) is 10.9. The summed E-state index contributed by atoms with van der Waals surface area (Å²) in [6.45, 7) is 8.07. The van der Waals surface area contributed by atoms with Crippen LogP contribution in [0, 0.1) is 0 Å². The van der Waals surface area contributed by atoms with Crippen LogP contribution in [0.5, 0.6) is 0 Å². The van der Waals surface area contributed by atoms with Gasteiger partial charge in [-0.05, 0) is 44.7 Å². The van der Waals surface area contributed by atoms with Crippen LogP contribution >= 0.6 is 0 Å². The largest absolute Gasteiger partial charge is 0.366 e. The van der Waals surface area contributed by atoms with Crippen molar-refractivity contribution < 1.29 is 0 Å². The molecule has 1 atom stereocenters. The van der Waals surface area contributed by atoms with E-state index in [-0.39, 0.29) is 0 Å². The molecular weight excluding hydrogens is 182 g/mol. The summed E-state index contributed by atoms with van der Waals surface area (Å²) >= 11 is 0.